The summed E-state index contributed by atoms with van der Waals surface area (Å²) in [7, 11) is 0. The molecule has 0 saturated heterocycles. The molecule has 2 aromatic carbocycles. The van der Waals surface area contributed by atoms with Gasteiger partial charge in [0.1, 0.15) is 5.69 Å². The van der Waals surface area contributed by atoms with E-state index in [2.05, 4.69) is 17.1 Å². The number of para-hydroxylation sites is 1. The van der Waals surface area contributed by atoms with Crippen LogP contribution in [0, 0.1) is 13.8 Å². The van der Waals surface area contributed by atoms with Crippen molar-refractivity contribution in [3.05, 3.63) is 71.2 Å². The van der Waals surface area contributed by atoms with Crippen molar-refractivity contribution in [3.63, 3.8) is 0 Å². The lowest BCUT2D eigenvalue weighted by Crippen LogP contribution is -2.35. The average molecular weight is 334 g/mol. The number of aryl methyl sites for hydroxylation is 2. The summed E-state index contributed by atoms with van der Waals surface area (Å²) in [5.74, 6) is 0.785. The molecule has 5 nitrogen and oxygen atoms in total. The van der Waals surface area contributed by atoms with Gasteiger partial charge in [0.25, 0.3) is 0 Å². The van der Waals surface area contributed by atoms with Crippen molar-refractivity contribution >= 4 is 11.3 Å². The first-order valence-corrected chi connectivity index (χ1v) is 8.49. The Kier molecular flexibility index (Phi) is 3.66. The molecule has 2 heterocycles. The number of nitrogens with zero attached hydrogens (tertiary/aromatic N) is 5. The quantitative estimate of drug-likeness (QED) is 0.540. The molecule has 0 aliphatic carbocycles. The van der Waals surface area contributed by atoms with Crippen molar-refractivity contribution in [3.8, 4) is 22.2 Å². The fraction of sp³-hybridized carbons (Fsp3) is 0.111. The van der Waals surface area contributed by atoms with Crippen LogP contribution in [0.5, 0.6) is 0 Å². The number of tetrazole rings is 1. The van der Waals surface area contributed by atoms with Crippen LogP contribution in [0.2, 0.25) is 0 Å². The third-order valence-electron chi connectivity index (χ3n) is 3.79. The second-order valence-corrected chi connectivity index (χ2v) is 6.64. The second kappa shape index (κ2) is 5.98. The Morgan fingerprint density at radius 2 is 1.58 bits per heavy atom. The van der Waals surface area contributed by atoms with E-state index in [0.717, 1.165) is 27.9 Å². The van der Waals surface area contributed by atoms with Gasteiger partial charge >= 0.3 is 11.0 Å². The predicted octanol–water partition coefficient (Wildman–Crippen LogP) is 3.28. The third kappa shape index (κ3) is 2.61. The Balaban J connectivity index is 1.91. The van der Waals surface area contributed by atoms with Crippen molar-refractivity contribution < 1.29 is 4.68 Å². The van der Waals surface area contributed by atoms with Crippen LogP contribution >= 0.6 is 11.3 Å². The molecule has 24 heavy (non-hydrogen) atoms. The zero-order chi connectivity index (χ0) is 16.5. The molecule has 0 saturated carbocycles. The van der Waals surface area contributed by atoms with Gasteiger partial charge in [-0.05, 0) is 38.1 Å². The molecule has 0 bridgehead atoms. The molecule has 0 atom stereocenters. The van der Waals surface area contributed by atoms with Crippen LogP contribution in [0.1, 0.15) is 10.6 Å². The van der Waals surface area contributed by atoms with E-state index in [0.29, 0.717) is 0 Å². The number of thiazole rings is 1. The molecule has 118 valence electrons. The summed E-state index contributed by atoms with van der Waals surface area (Å²) in [5.41, 5.74) is 2.99. The molecule has 0 spiro atoms. The molecule has 0 N–H and O–H groups in total. The summed E-state index contributed by atoms with van der Waals surface area (Å²) < 4.78 is 1.85. The molecule has 4 rings (SSSR count). The van der Waals surface area contributed by atoms with Gasteiger partial charge in [0, 0.05) is 9.67 Å². The van der Waals surface area contributed by atoms with Crippen molar-refractivity contribution in [2.24, 2.45) is 0 Å². The van der Waals surface area contributed by atoms with E-state index in [1.807, 2.05) is 72.3 Å². The number of benzene rings is 2. The second-order valence-electron chi connectivity index (χ2n) is 5.45. The van der Waals surface area contributed by atoms with Gasteiger partial charge < -0.3 is 0 Å². The van der Waals surface area contributed by atoms with Gasteiger partial charge in [-0.1, -0.05) is 52.4 Å². The molecule has 0 aliphatic rings. The van der Waals surface area contributed by atoms with Gasteiger partial charge in [-0.25, -0.2) is 4.98 Å². The highest BCUT2D eigenvalue weighted by Crippen LogP contribution is 2.20. The molecule has 0 unspecified atom stereocenters. The standard InChI is InChI=1S/C18H16N5S/c1-13-14(2)24-18(19-13)23-20-17(15-9-5-3-6-10-15)22(21-23)16-11-7-4-8-12-16/h3-12H,1-2H3/q+1. The summed E-state index contributed by atoms with van der Waals surface area (Å²) in [6.07, 6.45) is 0. The summed E-state index contributed by atoms with van der Waals surface area (Å²) in [4.78, 5) is 7.35. The zero-order valence-electron chi connectivity index (χ0n) is 13.4. The lowest BCUT2D eigenvalue weighted by Gasteiger charge is -1.96. The van der Waals surface area contributed by atoms with Crippen LogP contribution in [-0.4, -0.2) is 20.1 Å². The molecule has 0 fully saturated rings. The lowest BCUT2D eigenvalue weighted by molar-refractivity contribution is -0.651. The zero-order valence-corrected chi connectivity index (χ0v) is 14.2. The molecular weight excluding hydrogens is 318 g/mol. The van der Waals surface area contributed by atoms with Crippen LogP contribution in [0.25, 0.3) is 22.2 Å². The minimum Gasteiger partial charge on any atom is -0.206 e. The molecular formula is C18H16N5S+. The van der Waals surface area contributed by atoms with E-state index in [9.17, 15) is 0 Å². The SMILES string of the molecule is Cc1nc(-n2nc(-c3ccccc3)[n+](-c3ccccc3)n2)sc1C. The Bertz CT molecular complexity index is 897. The minimum atomic E-state index is 0.775. The van der Waals surface area contributed by atoms with Crippen LogP contribution in [0.3, 0.4) is 0 Å². The summed E-state index contributed by atoms with van der Waals surface area (Å²) in [6, 6.07) is 20.1. The normalized spacial score (nSPS) is 10.9. The van der Waals surface area contributed by atoms with Gasteiger partial charge in [0.2, 0.25) is 0 Å². The first-order chi connectivity index (χ1) is 11.7. The average Bonchev–Trinajstić information content (AvgIpc) is 3.21. The number of aromatic nitrogens is 5. The van der Waals surface area contributed by atoms with E-state index in [4.69, 9.17) is 5.10 Å². The number of hydrogen-bond acceptors (Lipinski definition) is 4. The van der Waals surface area contributed by atoms with Crippen LogP contribution in [0.4, 0.5) is 0 Å². The maximum Gasteiger partial charge on any atom is 0.335 e. The van der Waals surface area contributed by atoms with E-state index in [1.54, 1.807) is 16.1 Å². The predicted molar refractivity (Wildman–Crippen MR) is 93.5 cm³/mol. The van der Waals surface area contributed by atoms with Crippen molar-refractivity contribution in [1.29, 1.82) is 0 Å². The van der Waals surface area contributed by atoms with E-state index in [-0.39, 0.29) is 0 Å². The van der Waals surface area contributed by atoms with Gasteiger partial charge in [0.05, 0.1) is 21.6 Å². The Morgan fingerprint density at radius 1 is 0.917 bits per heavy atom. The number of rotatable bonds is 3. The highest BCUT2D eigenvalue weighted by Gasteiger charge is 2.25. The van der Waals surface area contributed by atoms with E-state index in [1.165, 1.54) is 4.88 Å². The van der Waals surface area contributed by atoms with Crippen molar-refractivity contribution in [2.75, 3.05) is 0 Å². The maximum atomic E-state index is 4.70. The highest BCUT2D eigenvalue weighted by molar-refractivity contribution is 7.14. The van der Waals surface area contributed by atoms with Crippen LogP contribution < -0.4 is 4.68 Å². The molecule has 4 aromatic rings. The Labute approximate surface area is 143 Å². The minimum absolute atomic E-state index is 0.775. The van der Waals surface area contributed by atoms with E-state index >= 15 is 0 Å². The fourth-order valence-electron chi connectivity index (χ4n) is 2.41. The Morgan fingerprint density at radius 3 is 2.21 bits per heavy atom. The summed E-state index contributed by atoms with van der Waals surface area (Å²) >= 11 is 1.59. The fourth-order valence-corrected chi connectivity index (χ4v) is 3.22. The van der Waals surface area contributed by atoms with Gasteiger partial charge in [-0.3, -0.25) is 0 Å². The Hall–Kier alpha value is -2.86. The lowest BCUT2D eigenvalue weighted by atomic mass is 10.2. The van der Waals surface area contributed by atoms with Crippen molar-refractivity contribution in [1.82, 2.24) is 20.1 Å². The molecule has 6 heteroatoms. The largest absolute Gasteiger partial charge is 0.335 e. The van der Waals surface area contributed by atoms with E-state index < -0.39 is 0 Å². The smallest absolute Gasteiger partial charge is 0.206 e. The molecule has 0 amide bonds. The van der Waals surface area contributed by atoms with Crippen LogP contribution in [0.15, 0.2) is 60.7 Å². The molecule has 0 aliphatic heterocycles. The van der Waals surface area contributed by atoms with Gasteiger partial charge in [0.15, 0.2) is 0 Å². The van der Waals surface area contributed by atoms with Gasteiger partial charge in [-0.2, -0.15) is 0 Å². The topological polar surface area (TPSA) is 47.5 Å². The first-order valence-electron chi connectivity index (χ1n) is 7.67. The monoisotopic (exact) mass is 334 g/mol. The summed E-state index contributed by atoms with van der Waals surface area (Å²) in [5, 5.41) is 10.1. The maximum absolute atomic E-state index is 4.70. The van der Waals surface area contributed by atoms with Crippen molar-refractivity contribution in [2.45, 2.75) is 13.8 Å². The highest BCUT2D eigenvalue weighted by atomic mass is 32.1. The first kappa shape index (κ1) is 14.7. The third-order valence-corrected chi connectivity index (χ3v) is 4.82. The molecule has 0 radical (unpaired) electrons. The van der Waals surface area contributed by atoms with Gasteiger partial charge in [-0.15, -0.1) is 0 Å². The van der Waals surface area contributed by atoms with Crippen LogP contribution in [-0.2, 0) is 0 Å². The molecule has 2 aromatic heterocycles. The summed E-state index contributed by atoms with van der Waals surface area (Å²) in [6.45, 7) is 4.06. The number of hydrogen-bond donors (Lipinski definition) is 0.